The largest absolute Gasteiger partial charge is 0.480 e. The zero-order valence-corrected chi connectivity index (χ0v) is 21.1. The Balaban J connectivity index is 1.13. The lowest BCUT2D eigenvalue weighted by molar-refractivity contribution is -0.139. The van der Waals surface area contributed by atoms with E-state index in [-0.39, 0.29) is 30.4 Å². The van der Waals surface area contributed by atoms with E-state index in [0.29, 0.717) is 47.4 Å². The first-order chi connectivity index (χ1) is 18.3. The number of unbranched alkanes of at least 4 members (excludes halogenated alkanes) is 1. The number of carbonyl (C=O) groups is 2. The van der Waals surface area contributed by atoms with Gasteiger partial charge in [-0.3, -0.25) is 9.59 Å². The van der Waals surface area contributed by atoms with Crippen molar-refractivity contribution in [3.05, 3.63) is 66.2 Å². The lowest BCUT2D eigenvalue weighted by Crippen LogP contribution is -2.40. The molecule has 1 aromatic heterocycles. The number of amides is 1. The van der Waals surface area contributed by atoms with Crippen molar-refractivity contribution in [3.8, 4) is 11.5 Å². The van der Waals surface area contributed by atoms with Crippen LogP contribution >= 0.6 is 0 Å². The number of fused-ring (bicyclic) bond motifs is 4. The van der Waals surface area contributed by atoms with Crippen LogP contribution in [0.4, 0.5) is 0 Å². The molecule has 11 heteroatoms. The van der Waals surface area contributed by atoms with Crippen molar-refractivity contribution in [1.29, 1.82) is 0 Å². The molecule has 1 atom stereocenters. The molecule has 3 aromatic carbocycles. The summed E-state index contributed by atoms with van der Waals surface area (Å²) in [6.45, 7) is 0.502. The van der Waals surface area contributed by atoms with Crippen LogP contribution in [0.3, 0.4) is 0 Å². The molecular weight excluding hydrogens is 512 g/mol. The van der Waals surface area contributed by atoms with Crippen LogP contribution in [0.5, 0.6) is 11.5 Å². The molecular formula is C27H26N2O8S. The molecule has 5 rings (SSSR count). The Kier molecular flexibility index (Phi) is 7.21. The predicted octanol–water partition coefficient (Wildman–Crippen LogP) is 3.58. The molecule has 0 fully saturated rings. The number of rotatable bonds is 11. The van der Waals surface area contributed by atoms with Gasteiger partial charge in [-0.05, 0) is 61.2 Å². The Bertz CT molecular complexity index is 1610. The zero-order valence-electron chi connectivity index (χ0n) is 20.3. The van der Waals surface area contributed by atoms with Crippen LogP contribution < -0.4 is 19.5 Å². The van der Waals surface area contributed by atoms with E-state index in [2.05, 4.69) is 10.0 Å². The average Bonchev–Trinajstić information content (AvgIpc) is 3.51. The summed E-state index contributed by atoms with van der Waals surface area (Å²) >= 11 is 0. The van der Waals surface area contributed by atoms with E-state index < -0.39 is 22.0 Å². The molecule has 0 spiro atoms. The maximum atomic E-state index is 13.0. The van der Waals surface area contributed by atoms with Gasteiger partial charge in [0.1, 0.15) is 17.2 Å². The van der Waals surface area contributed by atoms with Crippen LogP contribution in [0.1, 0.15) is 24.8 Å². The van der Waals surface area contributed by atoms with E-state index in [9.17, 15) is 23.1 Å². The first kappa shape index (κ1) is 25.6. The molecule has 4 aromatic rings. The summed E-state index contributed by atoms with van der Waals surface area (Å²) in [6.07, 6.45) is 1.13. The van der Waals surface area contributed by atoms with Gasteiger partial charge in [0.2, 0.25) is 22.7 Å². The number of carboxylic acids is 1. The molecule has 0 saturated carbocycles. The maximum Gasteiger partial charge on any atom is 0.321 e. The second kappa shape index (κ2) is 10.7. The maximum absolute atomic E-state index is 13.0. The quantitative estimate of drug-likeness (QED) is 0.246. The van der Waals surface area contributed by atoms with E-state index >= 15 is 0 Å². The first-order valence-electron chi connectivity index (χ1n) is 12.1. The number of ether oxygens (including phenoxy) is 2. The third-order valence-electron chi connectivity index (χ3n) is 6.30. The summed E-state index contributed by atoms with van der Waals surface area (Å²) in [4.78, 5) is 24.0. The molecule has 0 aliphatic carbocycles. The van der Waals surface area contributed by atoms with E-state index in [0.717, 1.165) is 10.9 Å². The number of furan rings is 1. The second-order valence-electron chi connectivity index (χ2n) is 8.98. The van der Waals surface area contributed by atoms with Crippen molar-refractivity contribution in [1.82, 2.24) is 10.0 Å². The minimum atomic E-state index is -4.10. The fraction of sp³-hybridized carbons (Fsp3) is 0.259. The standard InChI is InChI=1S/C27H26N2O8S/c30-26(14-17-8-10-24-25(13-17)36-16-35-24)28-12-4-3-6-21(27(31)32)29-38(33,34)18-9-11-23-20(15-18)19-5-1-2-7-22(19)37-23/h1-2,5,7-11,13,15,21,29H,3-4,6,12,14,16H2,(H,28,30)(H,31,32). The number of benzene rings is 3. The summed E-state index contributed by atoms with van der Waals surface area (Å²) in [5.41, 5.74) is 1.96. The molecule has 1 aliphatic rings. The number of carboxylic acid groups (broad SMARTS) is 1. The minimum Gasteiger partial charge on any atom is -0.480 e. The van der Waals surface area contributed by atoms with Crippen molar-refractivity contribution in [3.63, 3.8) is 0 Å². The Morgan fingerprint density at radius 1 is 0.921 bits per heavy atom. The average molecular weight is 539 g/mol. The van der Waals surface area contributed by atoms with Gasteiger partial charge in [0.15, 0.2) is 11.5 Å². The van der Waals surface area contributed by atoms with Gasteiger partial charge in [-0.25, -0.2) is 8.42 Å². The van der Waals surface area contributed by atoms with Gasteiger partial charge in [-0.15, -0.1) is 0 Å². The molecule has 0 radical (unpaired) electrons. The van der Waals surface area contributed by atoms with Crippen LogP contribution in [0.2, 0.25) is 0 Å². The Morgan fingerprint density at radius 2 is 1.71 bits per heavy atom. The van der Waals surface area contributed by atoms with Crippen molar-refractivity contribution in [2.75, 3.05) is 13.3 Å². The molecule has 2 heterocycles. The molecule has 3 N–H and O–H groups in total. The van der Waals surface area contributed by atoms with Crippen molar-refractivity contribution in [2.24, 2.45) is 0 Å². The number of hydrogen-bond acceptors (Lipinski definition) is 7. The lowest BCUT2D eigenvalue weighted by atomic mass is 10.1. The fourth-order valence-electron chi connectivity index (χ4n) is 4.36. The van der Waals surface area contributed by atoms with Crippen molar-refractivity contribution in [2.45, 2.75) is 36.6 Å². The summed E-state index contributed by atoms with van der Waals surface area (Å²) < 4.78 is 44.6. The highest BCUT2D eigenvalue weighted by Gasteiger charge is 2.26. The monoisotopic (exact) mass is 538 g/mol. The molecule has 198 valence electrons. The predicted molar refractivity (Wildman–Crippen MR) is 139 cm³/mol. The number of hydrogen-bond donors (Lipinski definition) is 3. The van der Waals surface area contributed by atoms with Crippen LogP contribution in [-0.2, 0) is 26.0 Å². The topological polar surface area (TPSA) is 144 Å². The minimum absolute atomic E-state index is 0.0430. The number of aliphatic carboxylic acids is 1. The van der Waals surface area contributed by atoms with Crippen LogP contribution in [0, 0.1) is 0 Å². The highest BCUT2D eigenvalue weighted by atomic mass is 32.2. The van der Waals surface area contributed by atoms with Gasteiger partial charge in [-0.2, -0.15) is 4.72 Å². The fourth-order valence-corrected chi connectivity index (χ4v) is 5.61. The Morgan fingerprint density at radius 3 is 2.55 bits per heavy atom. The van der Waals surface area contributed by atoms with Crippen molar-refractivity contribution >= 4 is 43.8 Å². The lowest BCUT2D eigenvalue weighted by Gasteiger charge is -2.15. The van der Waals surface area contributed by atoms with Crippen LogP contribution in [-0.4, -0.2) is 44.8 Å². The smallest absolute Gasteiger partial charge is 0.321 e. The zero-order chi connectivity index (χ0) is 26.7. The van der Waals surface area contributed by atoms with Gasteiger partial charge >= 0.3 is 5.97 Å². The molecule has 0 saturated heterocycles. The number of para-hydroxylation sites is 1. The number of sulfonamides is 1. The van der Waals surface area contributed by atoms with Gasteiger partial charge in [0.05, 0.1) is 11.3 Å². The molecule has 1 aliphatic heterocycles. The van der Waals surface area contributed by atoms with Crippen molar-refractivity contribution < 1.29 is 37.0 Å². The molecule has 1 unspecified atom stereocenters. The second-order valence-corrected chi connectivity index (χ2v) is 10.7. The van der Waals surface area contributed by atoms with E-state index in [4.69, 9.17) is 13.9 Å². The van der Waals surface area contributed by atoms with E-state index in [1.54, 1.807) is 30.3 Å². The first-order valence-corrected chi connectivity index (χ1v) is 13.6. The Hall–Kier alpha value is -4.09. The third kappa shape index (κ3) is 5.58. The van der Waals surface area contributed by atoms with E-state index in [1.807, 2.05) is 18.2 Å². The SMILES string of the molecule is O=C(Cc1ccc2c(c1)OCO2)NCCCCC(NS(=O)(=O)c1ccc2oc3ccccc3c2c1)C(=O)O. The van der Waals surface area contributed by atoms with Crippen LogP contribution in [0.15, 0.2) is 70.0 Å². The summed E-state index contributed by atoms with van der Waals surface area (Å²) in [5, 5.41) is 13.8. The molecule has 38 heavy (non-hydrogen) atoms. The van der Waals surface area contributed by atoms with Gasteiger partial charge in [0.25, 0.3) is 0 Å². The summed E-state index contributed by atoms with van der Waals surface area (Å²) in [5.74, 6) is -0.194. The summed E-state index contributed by atoms with van der Waals surface area (Å²) in [6, 6.07) is 15.7. The highest BCUT2D eigenvalue weighted by Crippen LogP contribution is 2.33. The number of nitrogens with one attached hydrogen (secondary N) is 2. The highest BCUT2D eigenvalue weighted by molar-refractivity contribution is 7.89. The normalized spacial score (nSPS) is 13.6. The molecule has 1 amide bonds. The molecule has 10 nitrogen and oxygen atoms in total. The van der Waals surface area contributed by atoms with Crippen LogP contribution in [0.25, 0.3) is 21.9 Å². The van der Waals surface area contributed by atoms with Gasteiger partial charge in [0, 0.05) is 17.3 Å². The Labute approximate surface area is 218 Å². The summed E-state index contributed by atoms with van der Waals surface area (Å²) in [7, 11) is -4.10. The number of carbonyl (C=O) groups excluding carboxylic acids is 1. The van der Waals surface area contributed by atoms with Gasteiger partial charge in [-0.1, -0.05) is 24.3 Å². The van der Waals surface area contributed by atoms with E-state index in [1.165, 1.54) is 12.1 Å². The van der Waals surface area contributed by atoms with Gasteiger partial charge < -0.3 is 24.3 Å². The molecule has 0 bridgehead atoms. The third-order valence-corrected chi connectivity index (χ3v) is 7.77.